The summed E-state index contributed by atoms with van der Waals surface area (Å²) in [4.78, 5) is 1.18. The first kappa shape index (κ1) is 12.8. The highest BCUT2D eigenvalue weighted by atomic mass is 19.4. The summed E-state index contributed by atoms with van der Waals surface area (Å²) in [5, 5.41) is 0. The SMILES string of the molecule is FC(F)c1c(C(F)(F)F)c[nH]c1C(F)(F)F. The van der Waals surface area contributed by atoms with Crippen LogP contribution in [0.2, 0.25) is 0 Å². The molecule has 0 bridgehead atoms. The highest BCUT2D eigenvalue weighted by Crippen LogP contribution is 2.43. The second-order valence-electron chi connectivity index (χ2n) is 2.79. The largest absolute Gasteiger partial charge is 0.431 e. The summed E-state index contributed by atoms with van der Waals surface area (Å²) in [7, 11) is 0. The minimum atomic E-state index is -5.28. The van der Waals surface area contributed by atoms with Crippen LogP contribution >= 0.6 is 0 Å². The fourth-order valence-electron chi connectivity index (χ4n) is 1.13. The van der Waals surface area contributed by atoms with Crippen molar-refractivity contribution in [3.05, 3.63) is 23.0 Å². The van der Waals surface area contributed by atoms with Gasteiger partial charge in [-0.25, -0.2) is 8.78 Å². The van der Waals surface area contributed by atoms with Gasteiger partial charge in [0.05, 0.1) is 11.1 Å². The average molecular weight is 253 g/mol. The average Bonchev–Trinajstić information content (AvgIpc) is 2.43. The Morgan fingerprint density at radius 2 is 1.44 bits per heavy atom. The van der Waals surface area contributed by atoms with E-state index in [-0.39, 0.29) is 6.20 Å². The van der Waals surface area contributed by atoms with Crippen molar-refractivity contribution >= 4 is 0 Å². The van der Waals surface area contributed by atoms with E-state index >= 15 is 0 Å². The molecule has 0 aliphatic heterocycles. The van der Waals surface area contributed by atoms with Crippen molar-refractivity contribution in [3.63, 3.8) is 0 Å². The van der Waals surface area contributed by atoms with Crippen LogP contribution in [0.5, 0.6) is 0 Å². The fraction of sp³-hybridized carbons (Fsp3) is 0.429. The highest BCUT2D eigenvalue weighted by Gasteiger charge is 2.45. The number of hydrogen-bond donors (Lipinski definition) is 1. The van der Waals surface area contributed by atoms with Gasteiger partial charge in [0, 0.05) is 6.20 Å². The first-order chi connectivity index (χ1) is 7.05. The van der Waals surface area contributed by atoms with Gasteiger partial charge in [0.25, 0.3) is 6.43 Å². The van der Waals surface area contributed by atoms with E-state index < -0.39 is 35.6 Å². The zero-order valence-corrected chi connectivity index (χ0v) is 7.18. The minimum absolute atomic E-state index is 0.121. The van der Waals surface area contributed by atoms with E-state index in [1.807, 2.05) is 0 Å². The van der Waals surface area contributed by atoms with Crippen LogP contribution < -0.4 is 0 Å². The van der Waals surface area contributed by atoms with Crippen LogP contribution in [0.3, 0.4) is 0 Å². The second kappa shape index (κ2) is 3.63. The zero-order valence-electron chi connectivity index (χ0n) is 7.18. The van der Waals surface area contributed by atoms with Gasteiger partial charge in [-0.15, -0.1) is 0 Å². The maximum Gasteiger partial charge on any atom is 0.431 e. The van der Waals surface area contributed by atoms with Gasteiger partial charge in [0.2, 0.25) is 0 Å². The van der Waals surface area contributed by atoms with Gasteiger partial charge in [-0.3, -0.25) is 0 Å². The number of aromatic amines is 1. The lowest BCUT2D eigenvalue weighted by Crippen LogP contribution is -2.12. The molecule has 0 atom stereocenters. The normalized spacial score (nSPS) is 13.6. The third-order valence-corrected chi connectivity index (χ3v) is 1.73. The fourth-order valence-corrected chi connectivity index (χ4v) is 1.13. The Balaban J connectivity index is 3.41. The van der Waals surface area contributed by atoms with Crippen molar-refractivity contribution < 1.29 is 35.1 Å². The van der Waals surface area contributed by atoms with Crippen molar-refractivity contribution in [1.82, 2.24) is 4.98 Å². The van der Waals surface area contributed by atoms with Gasteiger partial charge in [-0.1, -0.05) is 0 Å². The molecule has 1 aromatic heterocycles. The Hall–Kier alpha value is -1.28. The number of hydrogen-bond acceptors (Lipinski definition) is 0. The number of halogens is 8. The van der Waals surface area contributed by atoms with E-state index in [2.05, 4.69) is 0 Å². The number of H-pyrrole nitrogens is 1. The summed E-state index contributed by atoms with van der Waals surface area (Å²) in [5.74, 6) is 0. The molecule has 0 amide bonds. The minimum Gasteiger partial charge on any atom is -0.357 e. The Morgan fingerprint density at radius 1 is 0.938 bits per heavy atom. The summed E-state index contributed by atoms with van der Waals surface area (Å²) in [6, 6.07) is 0. The molecule has 1 aromatic rings. The van der Waals surface area contributed by atoms with Crippen molar-refractivity contribution in [2.45, 2.75) is 18.8 Å². The highest BCUT2D eigenvalue weighted by molar-refractivity contribution is 5.35. The Morgan fingerprint density at radius 3 is 1.75 bits per heavy atom. The first-order valence-electron chi connectivity index (χ1n) is 3.69. The maximum absolute atomic E-state index is 12.2. The first-order valence-corrected chi connectivity index (χ1v) is 3.69. The monoisotopic (exact) mass is 253 g/mol. The van der Waals surface area contributed by atoms with Crippen LogP contribution in [-0.4, -0.2) is 4.98 Å². The van der Waals surface area contributed by atoms with Gasteiger partial charge in [0.1, 0.15) is 5.69 Å². The van der Waals surface area contributed by atoms with Crippen LogP contribution in [0.4, 0.5) is 35.1 Å². The molecule has 0 aromatic carbocycles. The van der Waals surface area contributed by atoms with E-state index in [9.17, 15) is 35.1 Å². The van der Waals surface area contributed by atoms with Gasteiger partial charge < -0.3 is 4.98 Å². The van der Waals surface area contributed by atoms with Gasteiger partial charge in [-0.05, 0) is 0 Å². The van der Waals surface area contributed by atoms with Crippen LogP contribution in [0.1, 0.15) is 23.2 Å². The number of aromatic nitrogens is 1. The molecular weight excluding hydrogens is 250 g/mol. The predicted octanol–water partition coefficient (Wildman–Crippen LogP) is 3.99. The standard InChI is InChI=1S/C7H3F8N/c8-5(9)3-2(6(10,11)12)1-16-4(3)7(13,14)15/h1,5,16H. The molecule has 1 nitrogen and oxygen atoms in total. The van der Waals surface area contributed by atoms with Crippen molar-refractivity contribution in [1.29, 1.82) is 0 Å². The molecule has 0 aliphatic rings. The molecule has 16 heavy (non-hydrogen) atoms. The number of nitrogens with one attached hydrogen (secondary N) is 1. The van der Waals surface area contributed by atoms with Gasteiger partial charge in [-0.2, -0.15) is 26.3 Å². The third kappa shape index (κ3) is 2.27. The quantitative estimate of drug-likeness (QED) is 0.728. The molecule has 0 spiro atoms. The van der Waals surface area contributed by atoms with Crippen LogP contribution in [0.15, 0.2) is 6.20 Å². The van der Waals surface area contributed by atoms with Crippen molar-refractivity contribution in [3.8, 4) is 0 Å². The topological polar surface area (TPSA) is 15.8 Å². The summed E-state index contributed by atoms with van der Waals surface area (Å²) < 4.78 is 96.8. The van der Waals surface area contributed by atoms with Crippen LogP contribution in [-0.2, 0) is 12.4 Å². The summed E-state index contributed by atoms with van der Waals surface area (Å²) in [5.41, 5.74) is -6.15. The molecule has 0 saturated heterocycles. The van der Waals surface area contributed by atoms with Crippen molar-refractivity contribution in [2.24, 2.45) is 0 Å². The Kier molecular flexibility index (Phi) is 2.90. The van der Waals surface area contributed by atoms with E-state index in [0.717, 1.165) is 0 Å². The molecule has 0 aliphatic carbocycles. The third-order valence-electron chi connectivity index (χ3n) is 1.73. The number of alkyl halides is 8. The maximum atomic E-state index is 12.2. The summed E-state index contributed by atoms with van der Waals surface area (Å²) in [6.45, 7) is 0. The van der Waals surface area contributed by atoms with Gasteiger partial charge in [0.15, 0.2) is 0 Å². The van der Waals surface area contributed by atoms with Crippen molar-refractivity contribution in [2.75, 3.05) is 0 Å². The lowest BCUT2D eigenvalue weighted by Gasteiger charge is -2.10. The lowest BCUT2D eigenvalue weighted by molar-refractivity contribution is -0.146. The molecule has 0 saturated carbocycles. The second-order valence-corrected chi connectivity index (χ2v) is 2.79. The summed E-state index contributed by atoms with van der Waals surface area (Å²) >= 11 is 0. The Labute approximate surface area is 83.1 Å². The molecule has 0 unspecified atom stereocenters. The molecule has 1 rings (SSSR count). The molecular formula is C7H3F8N. The molecule has 1 N–H and O–H groups in total. The molecule has 1 heterocycles. The van der Waals surface area contributed by atoms with E-state index in [4.69, 9.17) is 0 Å². The van der Waals surface area contributed by atoms with E-state index in [1.54, 1.807) is 0 Å². The van der Waals surface area contributed by atoms with E-state index in [0.29, 0.717) is 0 Å². The van der Waals surface area contributed by atoms with Crippen LogP contribution in [0, 0.1) is 0 Å². The molecule has 0 radical (unpaired) electrons. The smallest absolute Gasteiger partial charge is 0.357 e. The van der Waals surface area contributed by atoms with Crippen LogP contribution in [0.25, 0.3) is 0 Å². The van der Waals surface area contributed by atoms with E-state index in [1.165, 1.54) is 4.98 Å². The number of rotatable bonds is 1. The zero-order chi connectivity index (χ0) is 12.7. The van der Waals surface area contributed by atoms with Gasteiger partial charge >= 0.3 is 12.4 Å². The molecule has 9 heteroatoms. The Bertz CT molecular complexity index is 339. The molecule has 92 valence electrons. The lowest BCUT2D eigenvalue weighted by atomic mass is 10.1. The molecule has 0 fully saturated rings. The predicted molar refractivity (Wildman–Crippen MR) is 35.8 cm³/mol. The summed E-state index contributed by atoms with van der Waals surface area (Å²) in [6.07, 6.45) is -14.5.